The fourth-order valence-electron chi connectivity index (χ4n) is 2.72. The molecule has 0 unspecified atom stereocenters. The Morgan fingerprint density at radius 3 is 2.57 bits per heavy atom. The molecule has 1 aliphatic rings. The average Bonchev–Trinajstić information content (AvgIpc) is 2.97. The largest absolute Gasteiger partial charge is 0.357 e. The van der Waals surface area contributed by atoms with Gasteiger partial charge in [0.05, 0.1) is 6.54 Å². The molecule has 1 aliphatic heterocycles. The van der Waals surface area contributed by atoms with Crippen LogP contribution in [0.15, 0.2) is 29.3 Å². The van der Waals surface area contributed by atoms with Crippen LogP contribution in [0.5, 0.6) is 0 Å². The second kappa shape index (κ2) is 6.92. The Labute approximate surface area is 127 Å². The highest BCUT2D eigenvalue weighted by molar-refractivity contribution is 5.80. The van der Waals surface area contributed by atoms with Gasteiger partial charge in [-0.2, -0.15) is 0 Å². The summed E-state index contributed by atoms with van der Waals surface area (Å²) in [6.45, 7) is 9.72. The number of rotatable bonds is 4. The van der Waals surface area contributed by atoms with Gasteiger partial charge in [-0.05, 0) is 31.4 Å². The summed E-state index contributed by atoms with van der Waals surface area (Å²) in [6.07, 6.45) is 2.45. The normalized spacial score (nSPS) is 16.4. The van der Waals surface area contributed by atoms with Gasteiger partial charge < -0.3 is 10.2 Å². The minimum atomic E-state index is -0.314. The van der Waals surface area contributed by atoms with E-state index in [0.29, 0.717) is 6.54 Å². The maximum absolute atomic E-state index is 14.0. The van der Waals surface area contributed by atoms with E-state index in [2.05, 4.69) is 17.1 Å². The van der Waals surface area contributed by atoms with Crippen molar-refractivity contribution in [3.05, 3.63) is 35.6 Å². The highest BCUT2D eigenvalue weighted by Crippen LogP contribution is 2.26. The summed E-state index contributed by atoms with van der Waals surface area (Å²) in [7, 11) is 0. The van der Waals surface area contributed by atoms with E-state index in [1.807, 2.05) is 26.0 Å². The lowest BCUT2D eigenvalue weighted by molar-refractivity contribution is 0.468. The van der Waals surface area contributed by atoms with Crippen LogP contribution in [0, 0.1) is 5.82 Å². The molecule has 1 aromatic carbocycles. The lowest BCUT2D eigenvalue weighted by atomic mass is 9.84. The quantitative estimate of drug-likeness (QED) is 0.681. The summed E-state index contributed by atoms with van der Waals surface area (Å²) in [6, 6.07) is 6.99. The maximum Gasteiger partial charge on any atom is 0.193 e. The Balaban J connectivity index is 2.13. The van der Waals surface area contributed by atoms with Gasteiger partial charge in [-0.15, -0.1) is 0 Å². The second-order valence-corrected chi connectivity index (χ2v) is 6.23. The summed E-state index contributed by atoms with van der Waals surface area (Å²) in [5.74, 6) is 0.809. The Hall–Kier alpha value is -1.58. The van der Waals surface area contributed by atoms with Crippen LogP contribution in [-0.2, 0) is 5.41 Å². The molecule has 0 aliphatic carbocycles. The van der Waals surface area contributed by atoms with Crippen molar-refractivity contribution in [2.75, 3.05) is 26.2 Å². The molecule has 0 radical (unpaired) electrons. The van der Waals surface area contributed by atoms with E-state index in [4.69, 9.17) is 4.99 Å². The smallest absolute Gasteiger partial charge is 0.193 e. The fourth-order valence-corrected chi connectivity index (χ4v) is 2.72. The number of nitrogens with zero attached hydrogens (tertiary/aromatic N) is 2. The van der Waals surface area contributed by atoms with Gasteiger partial charge in [0, 0.05) is 25.0 Å². The predicted octanol–water partition coefficient (Wildman–Crippen LogP) is 3.16. The zero-order chi connectivity index (χ0) is 15.3. The lowest BCUT2D eigenvalue weighted by Crippen LogP contribution is -2.40. The molecule has 116 valence electrons. The third kappa shape index (κ3) is 3.96. The second-order valence-electron chi connectivity index (χ2n) is 6.23. The van der Waals surface area contributed by atoms with E-state index in [1.54, 1.807) is 6.07 Å². The maximum atomic E-state index is 14.0. The summed E-state index contributed by atoms with van der Waals surface area (Å²) >= 11 is 0. The van der Waals surface area contributed by atoms with E-state index in [0.717, 1.165) is 31.2 Å². The van der Waals surface area contributed by atoms with Crippen LogP contribution in [-0.4, -0.2) is 37.0 Å². The van der Waals surface area contributed by atoms with Gasteiger partial charge >= 0.3 is 0 Å². The van der Waals surface area contributed by atoms with Crippen molar-refractivity contribution in [2.45, 2.75) is 39.0 Å². The molecule has 1 saturated heterocycles. The molecule has 2 rings (SSSR count). The first kappa shape index (κ1) is 15.8. The van der Waals surface area contributed by atoms with Gasteiger partial charge in [0.15, 0.2) is 5.96 Å². The zero-order valence-corrected chi connectivity index (χ0v) is 13.3. The molecule has 4 heteroatoms. The summed E-state index contributed by atoms with van der Waals surface area (Å²) in [5, 5.41) is 3.35. The lowest BCUT2D eigenvalue weighted by Gasteiger charge is -2.26. The van der Waals surface area contributed by atoms with Gasteiger partial charge in [-0.1, -0.05) is 32.0 Å². The number of guanidine groups is 1. The van der Waals surface area contributed by atoms with Crippen LogP contribution in [0.25, 0.3) is 0 Å². The first-order chi connectivity index (χ1) is 10.0. The van der Waals surface area contributed by atoms with Gasteiger partial charge in [-0.3, -0.25) is 4.99 Å². The molecule has 1 aromatic rings. The minimum absolute atomic E-state index is 0.149. The van der Waals surface area contributed by atoms with Crippen molar-refractivity contribution < 1.29 is 4.39 Å². The molecule has 0 amide bonds. The monoisotopic (exact) mass is 291 g/mol. The average molecular weight is 291 g/mol. The number of hydrogen-bond donors (Lipinski definition) is 1. The predicted molar refractivity (Wildman–Crippen MR) is 86.2 cm³/mol. The van der Waals surface area contributed by atoms with Crippen molar-refractivity contribution in [2.24, 2.45) is 4.99 Å². The Morgan fingerprint density at radius 1 is 1.29 bits per heavy atom. The molecule has 0 saturated carbocycles. The van der Waals surface area contributed by atoms with Gasteiger partial charge in [0.1, 0.15) is 5.82 Å². The number of likely N-dealkylation sites (tertiary alicyclic amines) is 1. The number of aliphatic imine (C=N–C) groups is 1. The standard InChI is InChI=1S/C17H26FN3/c1-4-19-16(21-11-7-8-12-21)20-13-17(2,3)14-9-5-6-10-15(14)18/h5-6,9-10H,4,7-8,11-13H2,1-3H3,(H,19,20). The van der Waals surface area contributed by atoms with Gasteiger partial charge in [-0.25, -0.2) is 4.39 Å². The first-order valence-corrected chi connectivity index (χ1v) is 7.83. The number of nitrogens with one attached hydrogen (secondary N) is 1. The highest BCUT2D eigenvalue weighted by atomic mass is 19.1. The molecule has 0 bridgehead atoms. The van der Waals surface area contributed by atoms with Crippen molar-refractivity contribution in [3.8, 4) is 0 Å². The summed E-state index contributed by atoms with van der Waals surface area (Å²) in [4.78, 5) is 7.04. The van der Waals surface area contributed by atoms with Gasteiger partial charge in [0.25, 0.3) is 0 Å². The molecular formula is C17H26FN3. The Bertz CT molecular complexity index is 491. The van der Waals surface area contributed by atoms with Crippen LogP contribution < -0.4 is 5.32 Å². The van der Waals surface area contributed by atoms with Crippen molar-refractivity contribution in [1.29, 1.82) is 0 Å². The topological polar surface area (TPSA) is 27.6 Å². The molecule has 21 heavy (non-hydrogen) atoms. The molecule has 0 spiro atoms. The third-order valence-electron chi connectivity index (χ3n) is 3.97. The van der Waals surface area contributed by atoms with Crippen LogP contribution in [0.3, 0.4) is 0 Å². The zero-order valence-electron chi connectivity index (χ0n) is 13.3. The Kier molecular flexibility index (Phi) is 5.21. The van der Waals surface area contributed by atoms with Crippen LogP contribution in [0.1, 0.15) is 39.2 Å². The van der Waals surface area contributed by atoms with E-state index in [-0.39, 0.29) is 11.2 Å². The molecule has 3 nitrogen and oxygen atoms in total. The van der Waals surface area contributed by atoms with E-state index < -0.39 is 0 Å². The van der Waals surface area contributed by atoms with E-state index in [9.17, 15) is 4.39 Å². The molecule has 0 atom stereocenters. The number of benzene rings is 1. The molecule has 0 aromatic heterocycles. The van der Waals surface area contributed by atoms with Gasteiger partial charge in [0.2, 0.25) is 0 Å². The first-order valence-electron chi connectivity index (χ1n) is 7.83. The minimum Gasteiger partial charge on any atom is -0.357 e. The molecule has 1 N–H and O–H groups in total. The number of hydrogen-bond acceptors (Lipinski definition) is 1. The Morgan fingerprint density at radius 2 is 1.95 bits per heavy atom. The molecule has 1 heterocycles. The molecule has 1 fully saturated rings. The fraction of sp³-hybridized carbons (Fsp3) is 0.588. The highest BCUT2D eigenvalue weighted by Gasteiger charge is 2.24. The number of halogens is 1. The van der Waals surface area contributed by atoms with Crippen LogP contribution in [0.2, 0.25) is 0 Å². The van der Waals surface area contributed by atoms with Crippen LogP contribution >= 0.6 is 0 Å². The van der Waals surface area contributed by atoms with Crippen molar-refractivity contribution in [3.63, 3.8) is 0 Å². The summed E-state index contributed by atoms with van der Waals surface area (Å²) < 4.78 is 14.0. The van der Waals surface area contributed by atoms with E-state index in [1.165, 1.54) is 18.9 Å². The SMILES string of the molecule is CCNC(=NCC(C)(C)c1ccccc1F)N1CCCC1. The molecular weight excluding hydrogens is 265 g/mol. The van der Waals surface area contributed by atoms with E-state index >= 15 is 0 Å². The van der Waals surface area contributed by atoms with Crippen molar-refractivity contribution >= 4 is 5.96 Å². The third-order valence-corrected chi connectivity index (χ3v) is 3.97. The summed E-state index contributed by atoms with van der Waals surface area (Å²) in [5.41, 5.74) is 0.414. The van der Waals surface area contributed by atoms with Crippen molar-refractivity contribution in [1.82, 2.24) is 10.2 Å². The van der Waals surface area contributed by atoms with Crippen LogP contribution in [0.4, 0.5) is 4.39 Å².